The van der Waals surface area contributed by atoms with E-state index in [0.717, 1.165) is 0 Å². The van der Waals surface area contributed by atoms with Gasteiger partial charge in [-0.2, -0.15) is 0 Å². The molecule has 0 aromatic carbocycles. The van der Waals surface area contributed by atoms with Crippen molar-refractivity contribution < 1.29 is 41.5 Å². The van der Waals surface area contributed by atoms with E-state index in [-0.39, 0.29) is 22.5 Å². The van der Waals surface area contributed by atoms with Gasteiger partial charge in [0.25, 0.3) is 0 Å². The summed E-state index contributed by atoms with van der Waals surface area (Å²) in [5.41, 5.74) is 0. The van der Waals surface area contributed by atoms with E-state index >= 15 is 0 Å². The first kappa shape index (κ1) is 23.5. The van der Waals surface area contributed by atoms with Gasteiger partial charge in [0.2, 0.25) is 0 Å². The van der Waals surface area contributed by atoms with Crippen LogP contribution in [0.3, 0.4) is 0 Å². The first-order chi connectivity index (χ1) is 2.83. The minimum Gasteiger partial charge on any atom is -0.412 e. The van der Waals surface area contributed by atoms with Crippen molar-refractivity contribution in [3.63, 3.8) is 0 Å². The molecule has 0 aliphatic carbocycles. The molecule has 0 unspecified atom stereocenters. The molecule has 8 heteroatoms. The van der Waals surface area contributed by atoms with E-state index in [4.69, 9.17) is 18.9 Å². The molecule has 8 heavy (non-hydrogen) atoms. The average molecular weight is 202 g/mol. The van der Waals surface area contributed by atoms with Gasteiger partial charge in [0.1, 0.15) is 0 Å². The van der Waals surface area contributed by atoms with Gasteiger partial charge in [-0.25, -0.2) is 9.13 Å². The van der Waals surface area contributed by atoms with Crippen LogP contribution < -0.4 is 0 Å². The van der Waals surface area contributed by atoms with Crippen LogP contribution in [0, 0.1) is 0 Å². The maximum Gasteiger partial charge on any atom is 2.00 e. The van der Waals surface area contributed by atoms with Gasteiger partial charge in [-0.3, -0.25) is 0 Å². The van der Waals surface area contributed by atoms with Crippen LogP contribution >= 0.6 is 17.4 Å². The zero-order valence-electron chi connectivity index (χ0n) is 3.46. The molecule has 50 valence electrons. The van der Waals surface area contributed by atoms with Crippen molar-refractivity contribution in [3.8, 4) is 0 Å². The van der Waals surface area contributed by atoms with Gasteiger partial charge in [0.05, 0.1) is 0 Å². The second-order valence-corrected chi connectivity index (χ2v) is 0.490. The fourth-order valence-electron chi connectivity index (χ4n) is 0. The van der Waals surface area contributed by atoms with Crippen LogP contribution in [-0.4, -0.2) is 15.3 Å². The Kier molecular flexibility index (Phi) is 144. The zero-order valence-corrected chi connectivity index (χ0v) is 6.35. The summed E-state index contributed by atoms with van der Waals surface area (Å²) in [5, 5.41) is 0. The molecule has 0 spiro atoms. The number of hydrogen-bond acceptors (Lipinski definition) is 2. The molecule has 0 rings (SSSR count). The van der Waals surface area contributed by atoms with Crippen molar-refractivity contribution in [1.29, 1.82) is 0 Å². The molecule has 0 amide bonds. The van der Waals surface area contributed by atoms with Gasteiger partial charge in [0.15, 0.2) is 0 Å². The third-order valence-electron chi connectivity index (χ3n) is 0. The summed E-state index contributed by atoms with van der Waals surface area (Å²) >= 11 is 0. The minimum absolute atomic E-state index is 0. The fraction of sp³-hybridized carbons (Fsp3) is 0. The van der Waals surface area contributed by atoms with Gasteiger partial charge < -0.3 is 15.3 Å². The summed E-state index contributed by atoms with van der Waals surface area (Å²) in [6, 6.07) is 0. The van der Waals surface area contributed by atoms with Crippen LogP contribution in [0.2, 0.25) is 0 Å². The van der Waals surface area contributed by atoms with Gasteiger partial charge in [0, 0.05) is 0 Å². The maximum atomic E-state index is 8.46. The summed E-state index contributed by atoms with van der Waals surface area (Å²) in [4.78, 5) is 14.0. The third kappa shape index (κ3) is 576. The maximum absolute atomic E-state index is 8.46. The molecule has 0 aromatic rings. The van der Waals surface area contributed by atoms with Crippen LogP contribution in [0.25, 0.3) is 0 Å². The van der Waals surface area contributed by atoms with Gasteiger partial charge in [-0.05, 0) is 0 Å². The molecule has 0 atom stereocenters. The summed E-state index contributed by atoms with van der Waals surface area (Å²) in [5.74, 6) is 0. The Morgan fingerprint density at radius 1 is 1.00 bits per heavy atom. The molecule has 0 bridgehead atoms. The predicted molar refractivity (Wildman–Crippen MR) is 23.3 cm³/mol. The smallest absolute Gasteiger partial charge is 0.412 e. The molecule has 5 nitrogen and oxygen atoms in total. The molecular weight excluding hydrogens is 198 g/mol. The molecule has 0 heterocycles. The van der Waals surface area contributed by atoms with E-state index in [2.05, 4.69) is 0 Å². The van der Waals surface area contributed by atoms with Gasteiger partial charge in [-0.1, -0.05) is 0 Å². The summed E-state index contributed by atoms with van der Waals surface area (Å²) in [6.45, 7) is 0. The van der Waals surface area contributed by atoms with E-state index in [1.165, 1.54) is 0 Å². The topological polar surface area (TPSA) is 106 Å². The normalized spacial score (nSPS) is 5.25. The summed E-state index contributed by atoms with van der Waals surface area (Å²) < 4.78 is 16.9. The SMILES string of the molecule is O.O=PO.O=PO.[Fe+2]. The average Bonchev–Trinajstić information content (AvgIpc) is 1.39. The zero-order chi connectivity index (χ0) is 5.41. The van der Waals surface area contributed by atoms with Crippen LogP contribution in [0.15, 0.2) is 0 Å². The van der Waals surface area contributed by atoms with Crippen LogP contribution in [0.1, 0.15) is 0 Å². The molecule has 0 radical (unpaired) electrons. The second-order valence-electron chi connectivity index (χ2n) is 0.163. The van der Waals surface area contributed by atoms with E-state index in [1.54, 1.807) is 0 Å². The molecule has 0 aromatic heterocycles. The molecular formula is H4FeO5P2+2. The third-order valence-corrected chi connectivity index (χ3v) is 0. The van der Waals surface area contributed by atoms with Crippen molar-refractivity contribution in [2.75, 3.05) is 0 Å². The standard InChI is InChI=1S/Fe.2HO2P.H2O/c;2*1-3-2;/h;2*(H,1,2);1H2/q+2;;;. The molecule has 0 aliphatic rings. The van der Waals surface area contributed by atoms with Crippen molar-refractivity contribution in [2.24, 2.45) is 0 Å². The number of rotatable bonds is 0. The molecule has 0 saturated heterocycles. The van der Waals surface area contributed by atoms with Crippen LogP contribution in [0.5, 0.6) is 0 Å². The van der Waals surface area contributed by atoms with E-state index < -0.39 is 17.4 Å². The molecule has 0 fully saturated rings. The van der Waals surface area contributed by atoms with E-state index in [1.807, 2.05) is 0 Å². The monoisotopic (exact) mass is 202 g/mol. The van der Waals surface area contributed by atoms with Gasteiger partial charge >= 0.3 is 34.4 Å². The Labute approximate surface area is 59.5 Å². The number of hydrogen-bond donors (Lipinski definition) is 2. The Morgan fingerprint density at radius 3 is 1.00 bits per heavy atom. The van der Waals surface area contributed by atoms with E-state index in [9.17, 15) is 0 Å². The first-order valence-corrected chi connectivity index (χ1v) is 2.30. The van der Waals surface area contributed by atoms with Gasteiger partial charge in [-0.15, -0.1) is 0 Å². The quantitative estimate of drug-likeness (QED) is 0.409. The Morgan fingerprint density at radius 2 is 1.00 bits per heavy atom. The largest absolute Gasteiger partial charge is 2.00 e. The first-order valence-electron chi connectivity index (χ1n) is 0.765. The summed E-state index contributed by atoms with van der Waals surface area (Å²) in [7, 11) is -1.67. The van der Waals surface area contributed by atoms with Crippen molar-refractivity contribution in [1.82, 2.24) is 0 Å². The predicted octanol–water partition coefficient (Wildman–Crippen LogP) is -0.456. The second kappa shape index (κ2) is 49.0. The van der Waals surface area contributed by atoms with Crippen LogP contribution in [-0.2, 0) is 26.2 Å². The molecule has 0 saturated carbocycles. The Balaban J connectivity index is -0.0000000160. The van der Waals surface area contributed by atoms with Crippen molar-refractivity contribution in [3.05, 3.63) is 0 Å². The molecule has 4 N–H and O–H groups in total. The minimum atomic E-state index is -0.833. The summed E-state index contributed by atoms with van der Waals surface area (Å²) in [6.07, 6.45) is 0. The Hall–Kier alpha value is 0.599. The van der Waals surface area contributed by atoms with E-state index in [0.29, 0.717) is 0 Å². The molecule has 0 aliphatic heterocycles. The van der Waals surface area contributed by atoms with Crippen molar-refractivity contribution >= 4 is 17.4 Å². The van der Waals surface area contributed by atoms with Crippen LogP contribution in [0.4, 0.5) is 0 Å². The van der Waals surface area contributed by atoms with Crippen molar-refractivity contribution in [2.45, 2.75) is 0 Å². The fourth-order valence-corrected chi connectivity index (χ4v) is 0. The Bertz CT molecular complexity index is 31.4.